The first-order chi connectivity index (χ1) is 10.5. The fourth-order valence-electron chi connectivity index (χ4n) is 2.00. The number of benzene rings is 1. The van der Waals surface area contributed by atoms with Gasteiger partial charge in [0.2, 0.25) is 0 Å². The minimum absolute atomic E-state index is 0.0337. The van der Waals surface area contributed by atoms with Crippen molar-refractivity contribution >= 4 is 27.4 Å². The van der Waals surface area contributed by atoms with E-state index >= 15 is 0 Å². The van der Waals surface area contributed by atoms with Gasteiger partial charge in [0.1, 0.15) is 5.75 Å². The van der Waals surface area contributed by atoms with E-state index in [2.05, 4.69) is 14.9 Å². The summed E-state index contributed by atoms with van der Waals surface area (Å²) >= 11 is 5.96. The van der Waals surface area contributed by atoms with Gasteiger partial charge in [-0.3, -0.25) is 4.72 Å². The van der Waals surface area contributed by atoms with Crippen LogP contribution in [0.3, 0.4) is 0 Å². The SMILES string of the molecule is COc1ccc(S(=O)(=O)Nc2ccc(C3CC3)nn2)cc1Cl. The summed E-state index contributed by atoms with van der Waals surface area (Å²) in [6, 6.07) is 7.65. The van der Waals surface area contributed by atoms with Gasteiger partial charge in [0.05, 0.1) is 22.7 Å². The molecule has 0 bridgehead atoms. The second-order valence-electron chi connectivity index (χ2n) is 5.02. The van der Waals surface area contributed by atoms with Crippen molar-refractivity contribution in [3.8, 4) is 5.75 Å². The number of ether oxygens (including phenoxy) is 1. The molecule has 0 radical (unpaired) electrons. The summed E-state index contributed by atoms with van der Waals surface area (Å²) in [5.74, 6) is 1.06. The third kappa shape index (κ3) is 3.15. The highest BCUT2D eigenvalue weighted by molar-refractivity contribution is 7.92. The van der Waals surface area contributed by atoms with Gasteiger partial charge in [0.25, 0.3) is 10.0 Å². The molecule has 1 aliphatic rings. The van der Waals surface area contributed by atoms with Crippen molar-refractivity contribution < 1.29 is 13.2 Å². The summed E-state index contributed by atoms with van der Waals surface area (Å²) < 4.78 is 32.0. The summed E-state index contributed by atoms with van der Waals surface area (Å²) in [7, 11) is -2.31. The molecule has 3 rings (SSSR count). The maximum atomic E-state index is 12.3. The van der Waals surface area contributed by atoms with E-state index in [4.69, 9.17) is 16.3 Å². The van der Waals surface area contributed by atoms with Gasteiger partial charge in [-0.25, -0.2) is 8.42 Å². The summed E-state index contributed by atoms with van der Waals surface area (Å²) in [6.07, 6.45) is 2.23. The Balaban J connectivity index is 1.81. The Hall–Kier alpha value is -1.86. The minimum Gasteiger partial charge on any atom is -0.495 e. The highest BCUT2D eigenvalue weighted by atomic mass is 35.5. The summed E-state index contributed by atoms with van der Waals surface area (Å²) in [5.41, 5.74) is 0.899. The molecule has 0 saturated heterocycles. The van der Waals surface area contributed by atoms with Crippen molar-refractivity contribution in [1.29, 1.82) is 0 Å². The standard InChI is InChI=1S/C14H14ClN3O3S/c1-21-13-6-4-10(8-11(13)15)22(19,20)18-14-7-5-12(16-17-14)9-2-3-9/h4-9H,2-3H2,1H3,(H,17,18). The average Bonchev–Trinajstić information content (AvgIpc) is 3.32. The smallest absolute Gasteiger partial charge is 0.263 e. The van der Waals surface area contributed by atoms with E-state index in [9.17, 15) is 8.42 Å². The van der Waals surface area contributed by atoms with Crippen LogP contribution in [0.5, 0.6) is 5.75 Å². The number of anilines is 1. The molecule has 6 nitrogen and oxygen atoms in total. The molecule has 0 unspecified atom stereocenters. The second kappa shape index (κ2) is 5.73. The van der Waals surface area contributed by atoms with Gasteiger partial charge >= 0.3 is 0 Å². The number of methoxy groups -OCH3 is 1. The molecule has 2 aromatic rings. The topological polar surface area (TPSA) is 81.2 Å². The van der Waals surface area contributed by atoms with Gasteiger partial charge in [-0.05, 0) is 43.2 Å². The summed E-state index contributed by atoms with van der Waals surface area (Å²) in [6.45, 7) is 0. The number of halogens is 1. The predicted octanol–water partition coefficient (Wildman–Crippen LogP) is 2.82. The van der Waals surface area contributed by atoms with Gasteiger partial charge in [-0.15, -0.1) is 5.10 Å². The molecule has 1 heterocycles. The van der Waals surface area contributed by atoms with Crippen LogP contribution in [0.25, 0.3) is 0 Å². The zero-order valence-electron chi connectivity index (χ0n) is 11.8. The average molecular weight is 340 g/mol. The highest BCUT2D eigenvalue weighted by Gasteiger charge is 2.25. The Morgan fingerprint density at radius 2 is 2.00 bits per heavy atom. The number of rotatable bonds is 5. The predicted molar refractivity (Wildman–Crippen MR) is 82.8 cm³/mol. The zero-order chi connectivity index (χ0) is 15.7. The first-order valence-corrected chi connectivity index (χ1v) is 8.56. The number of hydrogen-bond acceptors (Lipinski definition) is 5. The monoisotopic (exact) mass is 339 g/mol. The van der Waals surface area contributed by atoms with E-state index in [1.165, 1.54) is 25.3 Å². The van der Waals surface area contributed by atoms with Crippen LogP contribution in [0.4, 0.5) is 5.82 Å². The maximum Gasteiger partial charge on any atom is 0.263 e. The fraction of sp³-hybridized carbons (Fsp3) is 0.286. The second-order valence-corrected chi connectivity index (χ2v) is 7.11. The van der Waals surface area contributed by atoms with Gasteiger partial charge in [-0.1, -0.05) is 11.6 Å². The van der Waals surface area contributed by atoms with Crippen molar-refractivity contribution in [2.45, 2.75) is 23.7 Å². The number of aromatic nitrogens is 2. The molecule has 0 aliphatic heterocycles. The van der Waals surface area contributed by atoms with Crippen LogP contribution >= 0.6 is 11.6 Å². The van der Waals surface area contributed by atoms with E-state index in [-0.39, 0.29) is 15.7 Å². The van der Waals surface area contributed by atoms with E-state index < -0.39 is 10.0 Å². The van der Waals surface area contributed by atoms with E-state index in [0.29, 0.717) is 11.7 Å². The third-order valence-corrected chi connectivity index (χ3v) is 5.00. The minimum atomic E-state index is -3.77. The molecule has 1 aliphatic carbocycles. The van der Waals surface area contributed by atoms with Crippen LogP contribution in [-0.2, 0) is 10.0 Å². The molecule has 1 N–H and O–H groups in total. The third-order valence-electron chi connectivity index (χ3n) is 3.35. The molecule has 1 aromatic carbocycles. The molecule has 0 spiro atoms. The first-order valence-electron chi connectivity index (χ1n) is 6.69. The molecule has 1 fully saturated rings. The first kappa shape index (κ1) is 15.1. The van der Waals surface area contributed by atoms with Crippen LogP contribution in [0.2, 0.25) is 5.02 Å². The molecule has 1 saturated carbocycles. The van der Waals surface area contributed by atoms with Crippen LogP contribution < -0.4 is 9.46 Å². The Bertz CT molecular complexity index is 789. The van der Waals surface area contributed by atoms with Crippen molar-refractivity contribution in [1.82, 2.24) is 10.2 Å². The van der Waals surface area contributed by atoms with Crippen molar-refractivity contribution in [2.75, 3.05) is 11.8 Å². The van der Waals surface area contributed by atoms with E-state index in [1.54, 1.807) is 12.1 Å². The van der Waals surface area contributed by atoms with Crippen LogP contribution in [-0.4, -0.2) is 25.7 Å². The Kier molecular flexibility index (Phi) is 3.92. The fourth-order valence-corrected chi connectivity index (χ4v) is 3.35. The van der Waals surface area contributed by atoms with Crippen LogP contribution in [0.15, 0.2) is 35.2 Å². The van der Waals surface area contributed by atoms with E-state index in [0.717, 1.165) is 18.5 Å². The number of hydrogen-bond donors (Lipinski definition) is 1. The number of sulfonamides is 1. The largest absolute Gasteiger partial charge is 0.495 e. The van der Waals surface area contributed by atoms with Gasteiger partial charge in [-0.2, -0.15) is 5.10 Å². The number of nitrogens with zero attached hydrogens (tertiary/aromatic N) is 2. The van der Waals surface area contributed by atoms with Gasteiger partial charge in [0.15, 0.2) is 5.82 Å². The summed E-state index contributed by atoms with van der Waals surface area (Å²) in [4.78, 5) is 0.0337. The maximum absolute atomic E-state index is 12.3. The normalized spacial score (nSPS) is 14.6. The lowest BCUT2D eigenvalue weighted by molar-refractivity contribution is 0.414. The zero-order valence-corrected chi connectivity index (χ0v) is 13.4. The van der Waals surface area contributed by atoms with Crippen molar-refractivity contribution in [2.24, 2.45) is 0 Å². The molecular weight excluding hydrogens is 326 g/mol. The lowest BCUT2D eigenvalue weighted by atomic mass is 10.3. The Morgan fingerprint density at radius 3 is 2.55 bits per heavy atom. The molecular formula is C14H14ClN3O3S. The molecule has 0 atom stereocenters. The van der Waals surface area contributed by atoms with Crippen molar-refractivity contribution in [3.05, 3.63) is 41.0 Å². The summed E-state index contributed by atoms with van der Waals surface area (Å²) in [5, 5.41) is 8.17. The molecule has 22 heavy (non-hydrogen) atoms. The quantitative estimate of drug-likeness (QED) is 0.905. The highest BCUT2D eigenvalue weighted by Crippen LogP contribution is 2.38. The Morgan fingerprint density at radius 1 is 1.23 bits per heavy atom. The van der Waals surface area contributed by atoms with E-state index in [1.807, 2.05) is 0 Å². The van der Waals surface area contributed by atoms with Crippen LogP contribution in [0, 0.1) is 0 Å². The van der Waals surface area contributed by atoms with Gasteiger partial charge in [0, 0.05) is 5.92 Å². The van der Waals surface area contributed by atoms with Crippen molar-refractivity contribution in [3.63, 3.8) is 0 Å². The molecule has 1 aromatic heterocycles. The molecule has 8 heteroatoms. The lowest BCUT2D eigenvalue weighted by Crippen LogP contribution is -2.14. The Labute approximate surface area is 133 Å². The molecule has 0 amide bonds. The molecule has 116 valence electrons. The van der Waals surface area contributed by atoms with Crippen LogP contribution in [0.1, 0.15) is 24.5 Å². The van der Waals surface area contributed by atoms with Gasteiger partial charge < -0.3 is 4.74 Å². The lowest BCUT2D eigenvalue weighted by Gasteiger charge is -2.09. The number of nitrogens with one attached hydrogen (secondary N) is 1.